The van der Waals surface area contributed by atoms with Crippen LogP contribution in [0.25, 0.3) is 21.5 Å². The van der Waals surface area contributed by atoms with Crippen molar-refractivity contribution in [1.82, 2.24) is 0 Å². The molecule has 0 saturated carbocycles. The molecule has 0 aliphatic carbocycles. The second-order valence-corrected chi connectivity index (χ2v) is 5.10. The fraction of sp³-hybridized carbons (Fsp3) is 0.125. The molecule has 0 aromatic heterocycles. The van der Waals surface area contributed by atoms with Crippen LogP contribution in [0, 0.1) is 0 Å². The van der Waals surface area contributed by atoms with Crippen LogP contribution in [0.5, 0.6) is 5.75 Å². The van der Waals surface area contributed by atoms with Gasteiger partial charge < -0.3 is 4.74 Å². The monoisotopic (exact) mass is 254 g/mol. The molecule has 0 fully saturated rings. The normalized spacial score (nSPS) is 11.0. The number of benzene rings is 3. The maximum absolute atomic E-state index is 5.44. The van der Waals surface area contributed by atoms with Crippen LogP contribution in [-0.2, 0) is 0 Å². The molecule has 0 radical (unpaired) electrons. The van der Waals surface area contributed by atoms with Gasteiger partial charge in [-0.05, 0) is 52.1 Å². The van der Waals surface area contributed by atoms with Crippen molar-refractivity contribution >= 4 is 33.3 Å². The largest absolute Gasteiger partial charge is 0.496 e. The van der Waals surface area contributed by atoms with Crippen molar-refractivity contribution in [1.29, 1.82) is 0 Å². The molecule has 0 atom stereocenters. The first-order valence-corrected chi connectivity index (χ1v) is 7.09. The molecule has 0 heterocycles. The van der Waals surface area contributed by atoms with Crippen molar-refractivity contribution in [2.45, 2.75) is 4.90 Å². The molecule has 0 bridgehead atoms. The molecule has 0 saturated heterocycles. The highest BCUT2D eigenvalue weighted by Gasteiger charge is 2.05. The molecule has 90 valence electrons. The van der Waals surface area contributed by atoms with E-state index in [-0.39, 0.29) is 0 Å². The molecule has 1 nitrogen and oxygen atoms in total. The first kappa shape index (κ1) is 11.4. The summed E-state index contributed by atoms with van der Waals surface area (Å²) in [6.07, 6.45) is 2.07. The lowest BCUT2D eigenvalue weighted by molar-refractivity contribution is 0.405. The zero-order chi connectivity index (χ0) is 12.5. The van der Waals surface area contributed by atoms with Crippen molar-refractivity contribution in [2.75, 3.05) is 13.4 Å². The van der Waals surface area contributed by atoms with Crippen molar-refractivity contribution in [3.8, 4) is 5.75 Å². The first-order chi connectivity index (χ1) is 8.81. The Labute approximate surface area is 111 Å². The SMILES string of the molecule is COc1cc2cc3ccccc3cc2cc1SC. The van der Waals surface area contributed by atoms with Crippen molar-refractivity contribution < 1.29 is 4.74 Å². The van der Waals surface area contributed by atoms with Crippen LogP contribution in [-0.4, -0.2) is 13.4 Å². The van der Waals surface area contributed by atoms with Gasteiger partial charge >= 0.3 is 0 Å². The van der Waals surface area contributed by atoms with Gasteiger partial charge in [-0.3, -0.25) is 0 Å². The Hall–Kier alpha value is -1.67. The van der Waals surface area contributed by atoms with Gasteiger partial charge in [0.2, 0.25) is 0 Å². The summed E-state index contributed by atoms with van der Waals surface area (Å²) < 4.78 is 5.44. The van der Waals surface area contributed by atoms with E-state index in [1.165, 1.54) is 26.4 Å². The van der Waals surface area contributed by atoms with Gasteiger partial charge in [0.05, 0.1) is 7.11 Å². The Bertz CT molecular complexity index is 657. The maximum atomic E-state index is 5.44. The number of hydrogen-bond acceptors (Lipinski definition) is 2. The molecule has 0 N–H and O–H groups in total. The third-order valence-corrected chi connectivity index (χ3v) is 3.97. The average molecular weight is 254 g/mol. The minimum Gasteiger partial charge on any atom is -0.496 e. The molecule has 3 aromatic carbocycles. The summed E-state index contributed by atoms with van der Waals surface area (Å²) in [5.74, 6) is 0.949. The summed E-state index contributed by atoms with van der Waals surface area (Å²) in [5.41, 5.74) is 0. The third kappa shape index (κ3) is 1.83. The summed E-state index contributed by atoms with van der Waals surface area (Å²) in [4.78, 5) is 1.18. The molecule has 3 aromatic rings. The van der Waals surface area contributed by atoms with Gasteiger partial charge in [0.15, 0.2) is 0 Å². The van der Waals surface area contributed by atoms with E-state index in [0.29, 0.717) is 0 Å². The van der Waals surface area contributed by atoms with Crippen LogP contribution in [0.1, 0.15) is 0 Å². The Morgan fingerprint density at radius 1 is 0.833 bits per heavy atom. The highest BCUT2D eigenvalue weighted by molar-refractivity contribution is 7.98. The lowest BCUT2D eigenvalue weighted by Crippen LogP contribution is -1.86. The van der Waals surface area contributed by atoms with Crippen LogP contribution >= 0.6 is 11.8 Å². The predicted molar refractivity (Wildman–Crippen MR) is 79.8 cm³/mol. The minimum atomic E-state index is 0.949. The second kappa shape index (κ2) is 4.54. The van der Waals surface area contributed by atoms with Crippen LogP contribution in [0.3, 0.4) is 0 Å². The lowest BCUT2D eigenvalue weighted by Gasteiger charge is -2.09. The number of thioether (sulfide) groups is 1. The fourth-order valence-corrected chi connectivity index (χ4v) is 2.86. The number of methoxy groups -OCH3 is 1. The lowest BCUT2D eigenvalue weighted by atomic mass is 10.0. The number of rotatable bonds is 2. The van der Waals surface area contributed by atoms with Gasteiger partial charge in [-0.15, -0.1) is 11.8 Å². The number of ether oxygens (including phenoxy) is 1. The minimum absolute atomic E-state index is 0.949. The van der Waals surface area contributed by atoms with Crippen LogP contribution in [0.15, 0.2) is 53.4 Å². The van der Waals surface area contributed by atoms with Crippen molar-refractivity contribution in [3.05, 3.63) is 48.5 Å². The zero-order valence-electron chi connectivity index (χ0n) is 10.4. The van der Waals surface area contributed by atoms with E-state index in [0.717, 1.165) is 5.75 Å². The fourth-order valence-electron chi connectivity index (χ4n) is 2.27. The molecule has 0 aliphatic heterocycles. The smallest absolute Gasteiger partial charge is 0.133 e. The summed E-state index contributed by atoms with van der Waals surface area (Å²) >= 11 is 1.72. The molecular weight excluding hydrogens is 240 g/mol. The van der Waals surface area contributed by atoms with Crippen molar-refractivity contribution in [2.24, 2.45) is 0 Å². The van der Waals surface area contributed by atoms with E-state index < -0.39 is 0 Å². The average Bonchev–Trinajstić information content (AvgIpc) is 2.43. The number of fused-ring (bicyclic) bond motifs is 2. The highest BCUT2D eigenvalue weighted by Crippen LogP contribution is 2.34. The Morgan fingerprint density at radius 2 is 1.44 bits per heavy atom. The first-order valence-electron chi connectivity index (χ1n) is 5.86. The summed E-state index contributed by atoms with van der Waals surface area (Å²) in [7, 11) is 1.72. The van der Waals surface area contributed by atoms with E-state index in [1.807, 2.05) is 0 Å². The maximum Gasteiger partial charge on any atom is 0.133 e. The highest BCUT2D eigenvalue weighted by atomic mass is 32.2. The molecule has 0 spiro atoms. The number of hydrogen-bond donors (Lipinski definition) is 0. The summed E-state index contributed by atoms with van der Waals surface area (Å²) in [6.45, 7) is 0. The zero-order valence-corrected chi connectivity index (χ0v) is 11.3. The van der Waals surface area contributed by atoms with Gasteiger partial charge in [-0.2, -0.15) is 0 Å². The van der Waals surface area contributed by atoms with E-state index in [2.05, 4.69) is 54.8 Å². The molecular formula is C16H14OS. The molecule has 0 unspecified atom stereocenters. The van der Waals surface area contributed by atoms with E-state index in [1.54, 1.807) is 18.9 Å². The van der Waals surface area contributed by atoms with Crippen LogP contribution < -0.4 is 4.74 Å². The van der Waals surface area contributed by atoms with E-state index >= 15 is 0 Å². The van der Waals surface area contributed by atoms with Gasteiger partial charge in [-0.1, -0.05) is 24.3 Å². The second-order valence-electron chi connectivity index (χ2n) is 4.25. The summed E-state index contributed by atoms with van der Waals surface area (Å²) in [5, 5.41) is 5.04. The molecule has 3 rings (SSSR count). The van der Waals surface area contributed by atoms with Crippen molar-refractivity contribution in [3.63, 3.8) is 0 Å². The standard InChI is InChI=1S/C16H14OS/c1-17-15-9-13-7-11-5-3-4-6-12(11)8-14(13)10-16(15)18-2/h3-10H,1-2H3. The van der Waals surface area contributed by atoms with E-state index in [9.17, 15) is 0 Å². The Morgan fingerprint density at radius 3 is 2.00 bits per heavy atom. The van der Waals surface area contributed by atoms with Gasteiger partial charge in [0.25, 0.3) is 0 Å². The van der Waals surface area contributed by atoms with Gasteiger partial charge in [-0.25, -0.2) is 0 Å². The summed E-state index contributed by atoms with van der Waals surface area (Å²) in [6, 6.07) is 17.2. The third-order valence-electron chi connectivity index (χ3n) is 3.21. The van der Waals surface area contributed by atoms with Crippen LogP contribution in [0.2, 0.25) is 0 Å². The predicted octanol–water partition coefficient (Wildman–Crippen LogP) is 4.72. The Kier molecular flexibility index (Phi) is 2.88. The molecule has 0 amide bonds. The Balaban J connectivity index is 2.36. The van der Waals surface area contributed by atoms with E-state index in [4.69, 9.17) is 4.74 Å². The molecule has 0 aliphatic rings. The van der Waals surface area contributed by atoms with Gasteiger partial charge in [0.1, 0.15) is 5.75 Å². The quantitative estimate of drug-likeness (QED) is 0.483. The molecule has 2 heteroatoms. The van der Waals surface area contributed by atoms with Gasteiger partial charge in [0, 0.05) is 4.90 Å². The topological polar surface area (TPSA) is 9.23 Å². The molecule has 18 heavy (non-hydrogen) atoms. The van der Waals surface area contributed by atoms with Crippen LogP contribution in [0.4, 0.5) is 0 Å².